The van der Waals surface area contributed by atoms with E-state index in [0.29, 0.717) is 0 Å². The SMILES string of the molecule is C=CN.C=CN.CC(=O)O.CC(=O)O.CC(=O)O.CC(=O)O. The van der Waals surface area contributed by atoms with Gasteiger partial charge in [0.05, 0.1) is 0 Å². The standard InChI is InChI=1S/2C2H5N.4C2H4O2/c2*1-2-3;4*1-2(3)4/h2*2H,1,3H2;4*1H3,(H,3,4). The zero-order chi connectivity index (χ0) is 19.7. The molecule has 0 aromatic rings. The highest BCUT2D eigenvalue weighted by Crippen LogP contribution is 1.43. The van der Waals surface area contributed by atoms with Crippen LogP contribution < -0.4 is 11.5 Å². The van der Waals surface area contributed by atoms with Crippen LogP contribution in [-0.4, -0.2) is 44.3 Å². The Morgan fingerprint density at radius 2 is 0.636 bits per heavy atom. The molecule has 0 amide bonds. The number of rotatable bonds is 0. The monoisotopic (exact) mass is 326 g/mol. The molecule has 0 aromatic heterocycles. The second-order valence-corrected chi connectivity index (χ2v) is 2.55. The van der Waals surface area contributed by atoms with Crippen LogP contribution in [0.4, 0.5) is 0 Å². The molecular weight excluding hydrogens is 300 g/mol. The van der Waals surface area contributed by atoms with Crippen LogP contribution in [0.5, 0.6) is 0 Å². The predicted octanol–water partition coefficient (Wildman–Crippen LogP) is 0.541. The van der Waals surface area contributed by atoms with Crippen molar-refractivity contribution in [2.45, 2.75) is 27.7 Å². The highest BCUT2D eigenvalue weighted by atomic mass is 16.4. The number of carboxylic acids is 4. The molecule has 0 heterocycles. The van der Waals surface area contributed by atoms with Crippen molar-refractivity contribution < 1.29 is 39.6 Å². The van der Waals surface area contributed by atoms with E-state index < -0.39 is 23.9 Å². The Morgan fingerprint density at radius 3 is 0.636 bits per heavy atom. The lowest BCUT2D eigenvalue weighted by molar-refractivity contribution is -0.135. The fourth-order valence-electron chi connectivity index (χ4n) is 0. The second kappa shape index (κ2) is 43.0. The van der Waals surface area contributed by atoms with E-state index in [1.54, 1.807) is 0 Å². The van der Waals surface area contributed by atoms with E-state index in [1.165, 1.54) is 12.4 Å². The minimum absolute atomic E-state index is 0.833. The van der Waals surface area contributed by atoms with Gasteiger partial charge in [-0.25, -0.2) is 0 Å². The van der Waals surface area contributed by atoms with Crippen molar-refractivity contribution in [1.29, 1.82) is 0 Å². The van der Waals surface area contributed by atoms with E-state index in [-0.39, 0.29) is 0 Å². The molecule has 22 heavy (non-hydrogen) atoms. The molecule has 8 N–H and O–H groups in total. The van der Waals surface area contributed by atoms with Crippen molar-refractivity contribution in [3.63, 3.8) is 0 Å². The molecule has 0 aromatic carbocycles. The Bertz CT molecular complexity index is 234. The van der Waals surface area contributed by atoms with E-state index in [1.807, 2.05) is 0 Å². The molecule has 0 atom stereocenters. The summed E-state index contributed by atoms with van der Waals surface area (Å²) in [6, 6.07) is 0. The van der Waals surface area contributed by atoms with Gasteiger partial charge in [0.15, 0.2) is 0 Å². The molecule has 0 aliphatic heterocycles. The van der Waals surface area contributed by atoms with E-state index >= 15 is 0 Å². The van der Waals surface area contributed by atoms with Crippen LogP contribution in [0.2, 0.25) is 0 Å². The molecule has 0 saturated heterocycles. The zero-order valence-corrected chi connectivity index (χ0v) is 13.1. The maximum absolute atomic E-state index is 9.00. The summed E-state index contributed by atoms with van der Waals surface area (Å²) in [5.74, 6) is -3.33. The van der Waals surface area contributed by atoms with Gasteiger partial charge in [-0.1, -0.05) is 13.2 Å². The third kappa shape index (κ3) is 467. The van der Waals surface area contributed by atoms with E-state index in [0.717, 1.165) is 27.7 Å². The molecule has 10 heteroatoms. The summed E-state index contributed by atoms with van der Waals surface area (Å²) in [6.07, 6.45) is 2.50. The predicted molar refractivity (Wildman–Crippen MR) is 82.0 cm³/mol. The lowest BCUT2D eigenvalue weighted by atomic mass is 10.9. The number of hydrogen-bond acceptors (Lipinski definition) is 6. The van der Waals surface area contributed by atoms with Gasteiger partial charge in [-0.15, -0.1) is 0 Å². The van der Waals surface area contributed by atoms with Crippen molar-refractivity contribution in [2.75, 3.05) is 0 Å². The number of carboxylic acid groups (broad SMARTS) is 4. The smallest absolute Gasteiger partial charge is 0.300 e. The summed E-state index contributed by atoms with van der Waals surface area (Å²) in [6.45, 7) is 10.6. The summed E-state index contributed by atoms with van der Waals surface area (Å²) in [7, 11) is 0. The Labute approximate surface area is 129 Å². The molecule has 0 aliphatic carbocycles. The van der Waals surface area contributed by atoms with E-state index in [4.69, 9.17) is 39.6 Å². The first-order valence-corrected chi connectivity index (χ1v) is 5.19. The van der Waals surface area contributed by atoms with Gasteiger partial charge in [-0.3, -0.25) is 19.2 Å². The molecular formula is C12H26N2O8. The average molecular weight is 326 g/mol. The van der Waals surface area contributed by atoms with Crippen molar-refractivity contribution >= 4 is 23.9 Å². The van der Waals surface area contributed by atoms with Crippen molar-refractivity contribution in [1.82, 2.24) is 0 Å². The first-order valence-electron chi connectivity index (χ1n) is 5.19. The van der Waals surface area contributed by atoms with E-state index in [9.17, 15) is 0 Å². The van der Waals surface area contributed by atoms with Crippen LogP contribution in [0.15, 0.2) is 25.6 Å². The fourth-order valence-corrected chi connectivity index (χ4v) is 0. The minimum atomic E-state index is -0.833. The van der Waals surface area contributed by atoms with Gasteiger partial charge >= 0.3 is 0 Å². The van der Waals surface area contributed by atoms with Gasteiger partial charge < -0.3 is 31.9 Å². The van der Waals surface area contributed by atoms with Gasteiger partial charge in [-0.05, 0) is 12.4 Å². The molecule has 0 fully saturated rings. The van der Waals surface area contributed by atoms with Gasteiger partial charge in [-0.2, -0.15) is 0 Å². The highest BCUT2D eigenvalue weighted by Gasteiger charge is 1.66. The highest BCUT2D eigenvalue weighted by molar-refractivity contribution is 5.63. The number of nitrogens with two attached hydrogens (primary N) is 2. The van der Waals surface area contributed by atoms with Gasteiger partial charge in [0.2, 0.25) is 0 Å². The van der Waals surface area contributed by atoms with Gasteiger partial charge in [0.1, 0.15) is 0 Å². The maximum Gasteiger partial charge on any atom is 0.300 e. The second-order valence-electron chi connectivity index (χ2n) is 2.55. The van der Waals surface area contributed by atoms with Crippen LogP contribution in [0.1, 0.15) is 27.7 Å². The number of aliphatic carboxylic acids is 4. The first kappa shape index (κ1) is 36.4. The Kier molecular flexibility index (Phi) is 71.2. The molecule has 10 nitrogen and oxygen atoms in total. The van der Waals surface area contributed by atoms with E-state index in [2.05, 4.69) is 24.6 Å². The van der Waals surface area contributed by atoms with Crippen molar-refractivity contribution in [2.24, 2.45) is 11.5 Å². The van der Waals surface area contributed by atoms with Crippen LogP contribution in [0.3, 0.4) is 0 Å². The lowest BCUT2D eigenvalue weighted by Crippen LogP contribution is -1.78. The summed E-state index contributed by atoms with van der Waals surface area (Å²) in [5.41, 5.74) is 9.22. The maximum atomic E-state index is 9.00. The number of carbonyl (C=O) groups is 4. The van der Waals surface area contributed by atoms with Crippen LogP contribution >= 0.6 is 0 Å². The normalized spacial score (nSPS) is 5.64. The Morgan fingerprint density at radius 1 is 0.636 bits per heavy atom. The summed E-state index contributed by atoms with van der Waals surface area (Å²) in [5, 5.41) is 29.7. The summed E-state index contributed by atoms with van der Waals surface area (Å²) in [4.78, 5) is 36.0. The molecule has 132 valence electrons. The fraction of sp³-hybridized carbons (Fsp3) is 0.333. The quantitative estimate of drug-likeness (QED) is 0.364. The Balaban J connectivity index is -0.0000000351. The topological polar surface area (TPSA) is 201 Å². The van der Waals surface area contributed by atoms with Crippen molar-refractivity contribution in [3.8, 4) is 0 Å². The molecule has 0 radical (unpaired) electrons. The third-order valence-electron chi connectivity index (χ3n) is 0. The molecule has 0 spiro atoms. The molecule has 0 bridgehead atoms. The third-order valence-corrected chi connectivity index (χ3v) is 0. The zero-order valence-electron chi connectivity index (χ0n) is 13.1. The molecule has 0 unspecified atom stereocenters. The molecule has 0 aliphatic rings. The largest absolute Gasteiger partial charge is 0.481 e. The lowest BCUT2D eigenvalue weighted by Gasteiger charge is -1.59. The summed E-state index contributed by atoms with van der Waals surface area (Å²) >= 11 is 0. The number of hydrogen-bond donors (Lipinski definition) is 6. The van der Waals surface area contributed by atoms with Crippen LogP contribution in [0.25, 0.3) is 0 Å². The molecule has 0 rings (SSSR count). The van der Waals surface area contributed by atoms with Gasteiger partial charge in [0, 0.05) is 27.7 Å². The van der Waals surface area contributed by atoms with Crippen LogP contribution in [0, 0.1) is 0 Å². The van der Waals surface area contributed by atoms with Gasteiger partial charge in [0.25, 0.3) is 23.9 Å². The summed E-state index contributed by atoms with van der Waals surface area (Å²) < 4.78 is 0. The average Bonchev–Trinajstić information content (AvgIpc) is 2.13. The van der Waals surface area contributed by atoms with Crippen molar-refractivity contribution in [3.05, 3.63) is 25.6 Å². The molecule has 0 saturated carbocycles. The Hall–Kier alpha value is -3.04. The minimum Gasteiger partial charge on any atom is -0.481 e. The first-order chi connectivity index (χ1) is 9.76. The van der Waals surface area contributed by atoms with Crippen LogP contribution in [-0.2, 0) is 19.2 Å².